The first kappa shape index (κ1) is 13.3. The predicted molar refractivity (Wildman–Crippen MR) is 82.7 cm³/mol. The van der Waals surface area contributed by atoms with Gasteiger partial charge in [-0.25, -0.2) is 0 Å². The molecule has 2 aromatic carbocycles. The van der Waals surface area contributed by atoms with Gasteiger partial charge in [0.05, 0.1) is 6.04 Å². The van der Waals surface area contributed by atoms with Gasteiger partial charge in [0.2, 0.25) is 0 Å². The maximum Gasteiger partial charge on any atom is 0.0999 e. The van der Waals surface area contributed by atoms with E-state index in [1.54, 1.807) is 0 Å². The van der Waals surface area contributed by atoms with Crippen molar-refractivity contribution in [2.45, 2.75) is 19.4 Å². The molecule has 0 saturated carbocycles. The van der Waals surface area contributed by atoms with Gasteiger partial charge in [-0.3, -0.25) is 4.99 Å². The van der Waals surface area contributed by atoms with Gasteiger partial charge in [-0.05, 0) is 23.6 Å². The van der Waals surface area contributed by atoms with Crippen LogP contribution in [0.5, 0.6) is 0 Å². The minimum atomic E-state index is 0.0731. The topological polar surface area (TPSA) is 12.4 Å². The van der Waals surface area contributed by atoms with Gasteiger partial charge in [-0.15, -0.1) is 0 Å². The lowest BCUT2D eigenvalue weighted by Crippen LogP contribution is -1.97. The van der Waals surface area contributed by atoms with Crippen molar-refractivity contribution in [3.8, 4) is 0 Å². The van der Waals surface area contributed by atoms with Crippen molar-refractivity contribution in [1.29, 1.82) is 0 Å². The number of benzene rings is 2. The monoisotopic (exact) mass is 249 g/mol. The van der Waals surface area contributed by atoms with Gasteiger partial charge in [0.25, 0.3) is 0 Å². The molecule has 0 aliphatic rings. The summed E-state index contributed by atoms with van der Waals surface area (Å²) in [5.41, 5.74) is 2.43. The minimum Gasteiger partial charge on any atom is -0.280 e. The highest BCUT2D eigenvalue weighted by molar-refractivity contribution is 5.71. The summed E-state index contributed by atoms with van der Waals surface area (Å²) in [6, 6.07) is 20.9. The van der Waals surface area contributed by atoms with Crippen molar-refractivity contribution in [2.24, 2.45) is 4.99 Å². The van der Waals surface area contributed by atoms with Crippen molar-refractivity contribution in [1.82, 2.24) is 0 Å². The van der Waals surface area contributed by atoms with Crippen LogP contribution in [0.4, 0.5) is 0 Å². The highest BCUT2D eigenvalue weighted by Gasteiger charge is 2.10. The molecule has 0 aromatic heterocycles. The molecular weight excluding hydrogens is 230 g/mol. The smallest absolute Gasteiger partial charge is 0.0999 e. The normalized spacial score (nSPS) is 11.7. The highest BCUT2D eigenvalue weighted by atomic mass is 14.8. The van der Waals surface area contributed by atoms with Gasteiger partial charge in [0, 0.05) is 6.21 Å². The standard InChI is InChI=1S/C18H19N/c1-2-3-10-15-19-18(16-11-6-4-7-12-16)17-13-8-5-9-14-17/h3-15,18H,2H2,1H3/b10-3+,19-15?. The van der Waals surface area contributed by atoms with Gasteiger partial charge in [-0.2, -0.15) is 0 Å². The molecule has 0 fully saturated rings. The van der Waals surface area contributed by atoms with Crippen molar-refractivity contribution in [3.05, 3.63) is 83.9 Å². The van der Waals surface area contributed by atoms with E-state index in [9.17, 15) is 0 Å². The van der Waals surface area contributed by atoms with Gasteiger partial charge in [0.15, 0.2) is 0 Å². The largest absolute Gasteiger partial charge is 0.280 e. The fraction of sp³-hybridized carbons (Fsp3) is 0.167. The van der Waals surface area contributed by atoms with E-state index in [2.05, 4.69) is 66.5 Å². The molecule has 0 unspecified atom stereocenters. The molecule has 0 radical (unpaired) electrons. The number of hydrogen-bond acceptors (Lipinski definition) is 1. The van der Waals surface area contributed by atoms with Crippen LogP contribution in [0.2, 0.25) is 0 Å². The van der Waals surface area contributed by atoms with Crippen LogP contribution in [0.25, 0.3) is 0 Å². The van der Waals surface area contributed by atoms with Crippen LogP contribution in [0.1, 0.15) is 30.5 Å². The Morgan fingerprint density at radius 3 is 1.89 bits per heavy atom. The second kappa shape index (κ2) is 7.32. The summed E-state index contributed by atoms with van der Waals surface area (Å²) in [5, 5.41) is 0. The number of allylic oxidation sites excluding steroid dienone is 2. The van der Waals surface area contributed by atoms with Crippen LogP contribution in [0, 0.1) is 0 Å². The SMILES string of the molecule is CC/C=C/C=NC(c1ccccc1)c1ccccc1. The summed E-state index contributed by atoms with van der Waals surface area (Å²) in [6.45, 7) is 2.12. The number of hydrogen-bond donors (Lipinski definition) is 0. The molecule has 0 saturated heterocycles. The van der Waals surface area contributed by atoms with Gasteiger partial charge in [0.1, 0.15) is 0 Å². The molecule has 0 N–H and O–H groups in total. The van der Waals surface area contributed by atoms with Crippen LogP contribution in [0.15, 0.2) is 77.8 Å². The molecule has 0 spiro atoms. The molecule has 96 valence electrons. The lowest BCUT2D eigenvalue weighted by molar-refractivity contribution is 0.879. The number of rotatable bonds is 5. The molecule has 19 heavy (non-hydrogen) atoms. The van der Waals surface area contributed by atoms with E-state index in [4.69, 9.17) is 0 Å². The third-order valence-corrected chi connectivity index (χ3v) is 2.92. The molecule has 0 aliphatic heterocycles. The molecular formula is C18H19N. The Balaban J connectivity index is 2.29. The zero-order valence-corrected chi connectivity index (χ0v) is 11.2. The van der Waals surface area contributed by atoms with E-state index in [1.165, 1.54) is 11.1 Å². The van der Waals surface area contributed by atoms with Crippen molar-refractivity contribution in [2.75, 3.05) is 0 Å². The average Bonchev–Trinajstić information content (AvgIpc) is 2.49. The highest BCUT2D eigenvalue weighted by Crippen LogP contribution is 2.25. The molecule has 0 atom stereocenters. The molecule has 0 bridgehead atoms. The van der Waals surface area contributed by atoms with Crippen molar-refractivity contribution < 1.29 is 0 Å². The summed E-state index contributed by atoms with van der Waals surface area (Å²) in [4.78, 5) is 4.69. The van der Waals surface area contributed by atoms with Crippen LogP contribution < -0.4 is 0 Å². The Morgan fingerprint density at radius 1 is 0.895 bits per heavy atom. The van der Waals surface area contributed by atoms with Gasteiger partial charge in [-0.1, -0.05) is 73.7 Å². The molecule has 1 heteroatoms. The fourth-order valence-corrected chi connectivity index (χ4v) is 1.97. The van der Waals surface area contributed by atoms with E-state index in [-0.39, 0.29) is 6.04 Å². The van der Waals surface area contributed by atoms with Gasteiger partial charge < -0.3 is 0 Å². The zero-order chi connectivity index (χ0) is 13.3. The van der Waals surface area contributed by atoms with Crippen molar-refractivity contribution in [3.63, 3.8) is 0 Å². The Kier molecular flexibility index (Phi) is 5.12. The summed E-state index contributed by atoms with van der Waals surface area (Å²) in [7, 11) is 0. The third-order valence-electron chi connectivity index (χ3n) is 2.92. The summed E-state index contributed by atoms with van der Waals surface area (Å²) in [5.74, 6) is 0. The van der Waals surface area contributed by atoms with E-state index in [0.29, 0.717) is 0 Å². The average molecular weight is 249 g/mol. The van der Waals surface area contributed by atoms with E-state index in [0.717, 1.165) is 6.42 Å². The van der Waals surface area contributed by atoms with Crippen LogP contribution in [-0.4, -0.2) is 6.21 Å². The van der Waals surface area contributed by atoms with Crippen molar-refractivity contribution >= 4 is 6.21 Å². The quantitative estimate of drug-likeness (QED) is 0.674. The van der Waals surface area contributed by atoms with E-state index in [1.807, 2.05) is 24.4 Å². The van der Waals surface area contributed by atoms with Crippen LogP contribution in [0.3, 0.4) is 0 Å². The molecule has 2 rings (SSSR count). The first-order valence-corrected chi connectivity index (χ1v) is 6.70. The molecule has 0 aliphatic carbocycles. The Bertz CT molecular complexity index is 487. The van der Waals surface area contributed by atoms with E-state index < -0.39 is 0 Å². The van der Waals surface area contributed by atoms with Crippen LogP contribution >= 0.6 is 0 Å². The second-order valence-corrected chi connectivity index (χ2v) is 4.36. The Morgan fingerprint density at radius 2 is 1.42 bits per heavy atom. The maximum absolute atomic E-state index is 4.69. The number of nitrogens with zero attached hydrogens (tertiary/aromatic N) is 1. The minimum absolute atomic E-state index is 0.0731. The molecule has 2 aromatic rings. The first-order chi connectivity index (χ1) is 9.42. The fourth-order valence-electron chi connectivity index (χ4n) is 1.97. The maximum atomic E-state index is 4.69. The first-order valence-electron chi connectivity index (χ1n) is 6.70. The summed E-state index contributed by atoms with van der Waals surface area (Å²) < 4.78 is 0. The lowest BCUT2D eigenvalue weighted by atomic mass is 9.99. The zero-order valence-electron chi connectivity index (χ0n) is 11.2. The third kappa shape index (κ3) is 3.92. The predicted octanol–water partition coefficient (Wildman–Crippen LogP) is 4.81. The Labute approximate surface area is 115 Å². The van der Waals surface area contributed by atoms with E-state index >= 15 is 0 Å². The Hall–Kier alpha value is -2.15. The second-order valence-electron chi connectivity index (χ2n) is 4.36. The van der Waals surface area contributed by atoms with Gasteiger partial charge >= 0.3 is 0 Å². The number of aliphatic imine (C=N–C) groups is 1. The molecule has 1 nitrogen and oxygen atoms in total. The molecule has 0 amide bonds. The summed E-state index contributed by atoms with van der Waals surface area (Å²) in [6.07, 6.45) is 7.05. The summed E-state index contributed by atoms with van der Waals surface area (Å²) >= 11 is 0. The molecule has 0 heterocycles. The lowest BCUT2D eigenvalue weighted by Gasteiger charge is -2.12. The van der Waals surface area contributed by atoms with Crippen LogP contribution in [-0.2, 0) is 0 Å².